The van der Waals surface area contributed by atoms with E-state index in [0.717, 1.165) is 12.8 Å². The summed E-state index contributed by atoms with van der Waals surface area (Å²) in [6, 6.07) is 0.240. The highest BCUT2D eigenvalue weighted by molar-refractivity contribution is 6.28. The van der Waals surface area contributed by atoms with E-state index in [1.165, 1.54) is 0 Å². The van der Waals surface area contributed by atoms with Crippen LogP contribution in [0.15, 0.2) is 0 Å². The molecule has 0 bridgehead atoms. The molecule has 122 valence electrons. The summed E-state index contributed by atoms with van der Waals surface area (Å²) in [5.41, 5.74) is 2.66. The molecule has 22 heavy (non-hydrogen) atoms. The van der Waals surface area contributed by atoms with Gasteiger partial charge in [0.15, 0.2) is 11.6 Å². The van der Waals surface area contributed by atoms with Gasteiger partial charge in [-0.25, -0.2) is 0 Å². The zero-order chi connectivity index (χ0) is 15.4. The van der Waals surface area contributed by atoms with Gasteiger partial charge in [0.25, 0.3) is 0 Å². The second kappa shape index (κ2) is 7.28. The van der Waals surface area contributed by atoms with Crippen LogP contribution in [-0.4, -0.2) is 60.7 Å². The molecule has 0 aromatic carbocycles. The van der Waals surface area contributed by atoms with Crippen molar-refractivity contribution in [2.45, 2.75) is 18.9 Å². The first kappa shape index (κ1) is 15.5. The van der Waals surface area contributed by atoms with Crippen molar-refractivity contribution < 1.29 is 14.7 Å². The number of hydrogen-bond donors (Lipinski definition) is 3. The molecule has 0 aliphatic carbocycles. The summed E-state index contributed by atoms with van der Waals surface area (Å²) in [5.74, 6) is 1.09. The largest absolute Gasteiger partial charge is 0.381 e. The Morgan fingerprint density at radius 2 is 1.77 bits per heavy atom. The van der Waals surface area contributed by atoms with Gasteiger partial charge in [0.2, 0.25) is 5.28 Å². The summed E-state index contributed by atoms with van der Waals surface area (Å²) in [7, 11) is 0. The minimum absolute atomic E-state index is 0.148. The van der Waals surface area contributed by atoms with Crippen molar-refractivity contribution in [3.8, 4) is 0 Å². The normalized spacial score (nSPS) is 20.0. The molecule has 0 saturated carbocycles. The lowest BCUT2D eigenvalue weighted by atomic mass is 10.1. The first-order chi connectivity index (χ1) is 10.8. The van der Waals surface area contributed by atoms with Crippen LogP contribution in [0.3, 0.4) is 0 Å². The maximum absolute atomic E-state index is 9.55. The molecule has 0 unspecified atom stereocenters. The summed E-state index contributed by atoms with van der Waals surface area (Å²) in [5, 5.41) is 13.0. The average Bonchev–Trinajstić information content (AvgIpc) is 2.56. The zero-order valence-electron chi connectivity index (χ0n) is 12.2. The predicted octanol–water partition coefficient (Wildman–Crippen LogP) is 1.36. The molecule has 0 atom stereocenters. The molecule has 2 saturated heterocycles. The van der Waals surface area contributed by atoms with Crippen LogP contribution in [0.2, 0.25) is 5.28 Å². The van der Waals surface area contributed by atoms with Crippen LogP contribution in [0.5, 0.6) is 0 Å². The van der Waals surface area contributed by atoms with Gasteiger partial charge in [0, 0.05) is 32.3 Å². The number of anilines is 3. The van der Waals surface area contributed by atoms with Crippen LogP contribution in [0.4, 0.5) is 17.3 Å². The molecule has 0 amide bonds. The van der Waals surface area contributed by atoms with E-state index in [0.29, 0.717) is 56.8 Å². The lowest BCUT2D eigenvalue weighted by Gasteiger charge is -2.30. The molecule has 9 heteroatoms. The molecule has 8 nitrogen and oxygen atoms in total. The molecule has 3 rings (SSSR count). The van der Waals surface area contributed by atoms with Gasteiger partial charge in [-0.3, -0.25) is 10.7 Å². The van der Waals surface area contributed by atoms with Crippen LogP contribution in [0, 0.1) is 0 Å². The van der Waals surface area contributed by atoms with Crippen molar-refractivity contribution in [3.63, 3.8) is 0 Å². The number of rotatable bonds is 4. The second-order valence-corrected chi connectivity index (χ2v) is 5.62. The third-order valence-corrected chi connectivity index (χ3v) is 4.02. The Morgan fingerprint density at radius 3 is 2.45 bits per heavy atom. The van der Waals surface area contributed by atoms with Crippen LogP contribution >= 0.6 is 11.6 Å². The number of hydrogen-bond acceptors (Lipinski definition) is 8. The fourth-order valence-corrected chi connectivity index (χ4v) is 2.83. The molecular formula is C13H20ClN5O3. The third-order valence-electron chi connectivity index (χ3n) is 3.85. The average molecular weight is 330 g/mol. The number of morpholine rings is 1. The molecular weight excluding hydrogens is 310 g/mol. The SMILES string of the molecule is ONc1c(NC2CCOCC2)nc(Cl)nc1N1CCOCC1. The van der Waals surface area contributed by atoms with Crippen LogP contribution in [-0.2, 0) is 9.47 Å². The third kappa shape index (κ3) is 3.52. The number of nitrogens with one attached hydrogen (secondary N) is 2. The summed E-state index contributed by atoms with van der Waals surface area (Å²) >= 11 is 6.06. The van der Waals surface area contributed by atoms with Crippen molar-refractivity contribution >= 4 is 28.9 Å². The van der Waals surface area contributed by atoms with Crippen molar-refractivity contribution in [2.24, 2.45) is 0 Å². The Kier molecular flexibility index (Phi) is 5.14. The summed E-state index contributed by atoms with van der Waals surface area (Å²) in [6.07, 6.45) is 1.78. The van der Waals surface area contributed by atoms with E-state index in [2.05, 4.69) is 20.8 Å². The molecule has 0 spiro atoms. The topological polar surface area (TPSA) is 91.8 Å². The van der Waals surface area contributed by atoms with Gasteiger partial charge in [0.05, 0.1) is 13.2 Å². The first-order valence-electron chi connectivity index (χ1n) is 7.42. The van der Waals surface area contributed by atoms with Gasteiger partial charge in [-0.2, -0.15) is 9.97 Å². The van der Waals surface area contributed by atoms with E-state index in [4.69, 9.17) is 21.1 Å². The monoisotopic (exact) mass is 329 g/mol. The molecule has 1 aromatic rings. The highest BCUT2D eigenvalue weighted by Crippen LogP contribution is 2.32. The first-order valence-corrected chi connectivity index (χ1v) is 7.80. The minimum Gasteiger partial charge on any atom is -0.381 e. The standard InChI is InChI=1S/C13H20ClN5O3/c14-13-16-11(15-9-1-5-21-6-2-9)10(18-20)12(17-13)19-3-7-22-8-4-19/h9,18,20H,1-8H2,(H,15,16,17). The Bertz CT molecular complexity index is 507. The lowest BCUT2D eigenvalue weighted by molar-refractivity contribution is 0.0904. The lowest BCUT2D eigenvalue weighted by Crippen LogP contribution is -2.37. The summed E-state index contributed by atoms with van der Waals surface area (Å²) < 4.78 is 10.7. The number of aromatic nitrogens is 2. The van der Waals surface area contributed by atoms with Crippen LogP contribution in [0.1, 0.15) is 12.8 Å². The van der Waals surface area contributed by atoms with Gasteiger partial charge in [-0.05, 0) is 24.4 Å². The molecule has 2 aliphatic heterocycles. The molecule has 2 fully saturated rings. The predicted molar refractivity (Wildman–Crippen MR) is 82.9 cm³/mol. The maximum Gasteiger partial charge on any atom is 0.226 e. The quantitative estimate of drug-likeness (QED) is 0.563. The second-order valence-electron chi connectivity index (χ2n) is 5.28. The van der Waals surface area contributed by atoms with E-state index in [-0.39, 0.29) is 11.3 Å². The van der Waals surface area contributed by atoms with Crippen molar-refractivity contribution in [3.05, 3.63) is 5.28 Å². The molecule has 3 N–H and O–H groups in total. The Hall–Kier alpha value is -1.35. The van der Waals surface area contributed by atoms with Crippen LogP contribution < -0.4 is 15.7 Å². The highest BCUT2D eigenvalue weighted by Gasteiger charge is 2.23. The van der Waals surface area contributed by atoms with Gasteiger partial charge >= 0.3 is 0 Å². The molecule has 3 heterocycles. The molecule has 0 radical (unpaired) electrons. The highest BCUT2D eigenvalue weighted by atomic mass is 35.5. The number of halogens is 1. The van der Waals surface area contributed by atoms with E-state index in [1.807, 2.05) is 4.90 Å². The molecule has 2 aliphatic rings. The minimum atomic E-state index is 0.148. The van der Waals surface area contributed by atoms with Crippen LogP contribution in [0.25, 0.3) is 0 Å². The fourth-order valence-electron chi connectivity index (χ4n) is 2.67. The molecule has 1 aromatic heterocycles. The van der Waals surface area contributed by atoms with Crippen molar-refractivity contribution in [1.29, 1.82) is 0 Å². The fraction of sp³-hybridized carbons (Fsp3) is 0.692. The van der Waals surface area contributed by atoms with E-state index < -0.39 is 0 Å². The summed E-state index contributed by atoms with van der Waals surface area (Å²) in [6.45, 7) is 4.06. The van der Waals surface area contributed by atoms with E-state index in [9.17, 15) is 5.21 Å². The van der Waals surface area contributed by atoms with Gasteiger partial charge in [-0.15, -0.1) is 0 Å². The summed E-state index contributed by atoms with van der Waals surface area (Å²) in [4.78, 5) is 10.5. The number of ether oxygens (including phenoxy) is 2. The van der Waals surface area contributed by atoms with E-state index >= 15 is 0 Å². The Labute approximate surface area is 133 Å². The Balaban J connectivity index is 1.86. The zero-order valence-corrected chi connectivity index (χ0v) is 13.0. The van der Waals surface area contributed by atoms with Gasteiger partial charge in [-0.1, -0.05) is 0 Å². The maximum atomic E-state index is 9.55. The van der Waals surface area contributed by atoms with E-state index in [1.54, 1.807) is 0 Å². The number of nitrogens with zero attached hydrogens (tertiary/aromatic N) is 3. The smallest absolute Gasteiger partial charge is 0.226 e. The van der Waals surface area contributed by atoms with Crippen molar-refractivity contribution in [2.75, 3.05) is 55.2 Å². The Morgan fingerprint density at radius 1 is 1.09 bits per heavy atom. The van der Waals surface area contributed by atoms with Gasteiger partial charge in [0.1, 0.15) is 5.69 Å². The van der Waals surface area contributed by atoms with Gasteiger partial charge < -0.3 is 19.7 Å². The van der Waals surface area contributed by atoms with Crippen molar-refractivity contribution in [1.82, 2.24) is 9.97 Å².